The molecule has 0 saturated heterocycles. The van der Waals surface area contributed by atoms with E-state index in [9.17, 15) is 4.79 Å². The van der Waals surface area contributed by atoms with Gasteiger partial charge in [-0.15, -0.1) is 11.8 Å². The molecule has 0 spiro atoms. The third-order valence-corrected chi connectivity index (χ3v) is 2.72. The normalized spacial score (nSPS) is 9.75. The van der Waals surface area contributed by atoms with Gasteiger partial charge in [0.05, 0.1) is 0 Å². The van der Waals surface area contributed by atoms with Crippen LogP contribution in [0.5, 0.6) is 0 Å². The summed E-state index contributed by atoms with van der Waals surface area (Å²) in [4.78, 5) is 11.8. The van der Waals surface area contributed by atoms with E-state index in [1.807, 2.05) is 30.3 Å². The first-order valence-electron chi connectivity index (χ1n) is 3.65. The van der Waals surface area contributed by atoms with Gasteiger partial charge < -0.3 is 0 Å². The van der Waals surface area contributed by atoms with Crippen molar-refractivity contribution in [3.8, 4) is 0 Å². The first kappa shape index (κ1) is 9.81. The van der Waals surface area contributed by atoms with Crippen LogP contribution in [0.15, 0.2) is 35.2 Å². The molecular formula is C9H9BrOS. The molecule has 1 aromatic carbocycles. The molecule has 64 valence electrons. The molecule has 0 aliphatic carbocycles. The lowest BCUT2D eigenvalue weighted by Gasteiger charge is -1.97. The molecule has 0 saturated carbocycles. The van der Waals surface area contributed by atoms with E-state index in [1.165, 1.54) is 4.90 Å². The summed E-state index contributed by atoms with van der Waals surface area (Å²) in [5.41, 5.74) is 0. The number of benzene rings is 1. The maximum absolute atomic E-state index is 10.5. The summed E-state index contributed by atoms with van der Waals surface area (Å²) in [5, 5.41) is 0. The fourth-order valence-electron chi connectivity index (χ4n) is 0.766. The van der Waals surface area contributed by atoms with Crippen molar-refractivity contribution in [2.24, 2.45) is 0 Å². The van der Waals surface area contributed by atoms with Crippen LogP contribution in [0.2, 0.25) is 0 Å². The van der Waals surface area contributed by atoms with Crippen molar-refractivity contribution in [3.63, 3.8) is 0 Å². The van der Waals surface area contributed by atoms with Crippen LogP contribution in [0.1, 0.15) is 6.42 Å². The molecule has 1 nitrogen and oxygen atoms in total. The largest absolute Gasteiger partial charge is 0.287 e. The molecule has 0 atom stereocenters. The molecule has 0 amide bonds. The molecule has 0 aliphatic rings. The summed E-state index contributed by atoms with van der Waals surface area (Å²) in [5.74, 6) is 0.841. The van der Waals surface area contributed by atoms with E-state index in [0.717, 1.165) is 5.75 Å². The van der Waals surface area contributed by atoms with Crippen molar-refractivity contribution in [1.29, 1.82) is 0 Å². The summed E-state index contributed by atoms with van der Waals surface area (Å²) in [6.45, 7) is 0. The Morgan fingerprint density at radius 2 is 2.00 bits per heavy atom. The molecule has 0 radical (unpaired) electrons. The zero-order valence-electron chi connectivity index (χ0n) is 6.50. The van der Waals surface area contributed by atoms with Crippen LogP contribution in [0.3, 0.4) is 0 Å². The number of rotatable bonds is 4. The molecule has 1 aromatic rings. The summed E-state index contributed by atoms with van der Waals surface area (Å²) in [6.07, 6.45) is 0.583. The Balaban J connectivity index is 2.29. The Morgan fingerprint density at radius 3 is 2.58 bits per heavy atom. The van der Waals surface area contributed by atoms with Gasteiger partial charge in [0.25, 0.3) is 0 Å². The molecule has 0 N–H and O–H groups in total. The highest BCUT2D eigenvalue weighted by molar-refractivity contribution is 9.18. The first-order chi connectivity index (χ1) is 5.79. The highest BCUT2D eigenvalue weighted by atomic mass is 79.9. The number of carbonyl (C=O) groups excluding carboxylic acids is 1. The Hall–Kier alpha value is -0.280. The van der Waals surface area contributed by atoms with Crippen LogP contribution in [0.25, 0.3) is 0 Å². The molecule has 1 rings (SSSR count). The van der Waals surface area contributed by atoms with Crippen molar-refractivity contribution in [2.75, 3.05) is 5.75 Å². The van der Waals surface area contributed by atoms with Crippen molar-refractivity contribution < 1.29 is 4.79 Å². The van der Waals surface area contributed by atoms with Crippen molar-refractivity contribution in [3.05, 3.63) is 30.3 Å². The second-order valence-electron chi connectivity index (χ2n) is 2.27. The Bertz CT molecular complexity index is 248. The third kappa shape index (κ3) is 3.93. The average molecular weight is 245 g/mol. The molecule has 3 heteroatoms. The zero-order chi connectivity index (χ0) is 8.81. The lowest BCUT2D eigenvalue weighted by Crippen LogP contribution is -1.87. The van der Waals surface area contributed by atoms with Crippen molar-refractivity contribution in [2.45, 2.75) is 11.3 Å². The van der Waals surface area contributed by atoms with Gasteiger partial charge in [0.15, 0.2) is 4.69 Å². The SMILES string of the molecule is O=C(Br)CCSc1ccccc1. The van der Waals surface area contributed by atoms with Crippen molar-refractivity contribution in [1.82, 2.24) is 0 Å². The van der Waals surface area contributed by atoms with Gasteiger partial charge in [-0.2, -0.15) is 0 Å². The second kappa shape index (κ2) is 5.38. The van der Waals surface area contributed by atoms with E-state index in [-0.39, 0.29) is 4.69 Å². The van der Waals surface area contributed by atoms with Gasteiger partial charge in [0, 0.05) is 17.1 Å². The van der Waals surface area contributed by atoms with Gasteiger partial charge in [0.1, 0.15) is 0 Å². The average Bonchev–Trinajstić information content (AvgIpc) is 2.05. The molecule has 0 aliphatic heterocycles. The predicted molar refractivity (Wildman–Crippen MR) is 55.7 cm³/mol. The summed E-state index contributed by atoms with van der Waals surface area (Å²) in [7, 11) is 0. The van der Waals surface area contributed by atoms with E-state index in [4.69, 9.17) is 0 Å². The van der Waals surface area contributed by atoms with Gasteiger partial charge >= 0.3 is 0 Å². The highest BCUT2D eigenvalue weighted by Gasteiger charge is 1.96. The van der Waals surface area contributed by atoms with Gasteiger partial charge in [-0.1, -0.05) is 18.2 Å². The molecule has 0 aromatic heterocycles. The van der Waals surface area contributed by atoms with Gasteiger partial charge in [0.2, 0.25) is 0 Å². The van der Waals surface area contributed by atoms with E-state index in [2.05, 4.69) is 15.9 Å². The minimum absolute atomic E-state index is 0.0749. The number of hydrogen-bond donors (Lipinski definition) is 0. The fourth-order valence-corrected chi connectivity index (χ4v) is 2.10. The van der Waals surface area contributed by atoms with E-state index in [1.54, 1.807) is 11.8 Å². The Labute approximate surface area is 84.7 Å². The van der Waals surface area contributed by atoms with E-state index in [0.29, 0.717) is 6.42 Å². The quantitative estimate of drug-likeness (QED) is 0.599. The second-order valence-corrected chi connectivity index (χ2v) is 4.32. The first-order valence-corrected chi connectivity index (χ1v) is 5.43. The highest BCUT2D eigenvalue weighted by Crippen LogP contribution is 2.18. The predicted octanol–water partition coefficient (Wildman–Crippen LogP) is 3.09. The van der Waals surface area contributed by atoms with Crippen LogP contribution in [0, 0.1) is 0 Å². The zero-order valence-corrected chi connectivity index (χ0v) is 8.90. The molecule has 0 unspecified atom stereocenters. The van der Waals surface area contributed by atoms with E-state index < -0.39 is 0 Å². The number of carbonyl (C=O) groups is 1. The third-order valence-electron chi connectivity index (χ3n) is 1.31. The standard InChI is InChI=1S/C9H9BrOS/c10-9(11)6-7-12-8-4-2-1-3-5-8/h1-5H,6-7H2. The van der Waals surface area contributed by atoms with Crippen LogP contribution in [0.4, 0.5) is 0 Å². The maximum atomic E-state index is 10.5. The molecular weight excluding hydrogens is 236 g/mol. The molecule has 12 heavy (non-hydrogen) atoms. The number of halogens is 1. The fraction of sp³-hybridized carbons (Fsp3) is 0.222. The van der Waals surface area contributed by atoms with Gasteiger partial charge in [-0.3, -0.25) is 4.79 Å². The van der Waals surface area contributed by atoms with Gasteiger partial charge in [-0.05, 0) is 28.1 Å². The topological polar surface area (TPSA) is 17.1 Å². The summed E-state index contributed by atoms with van der Waals surface area (Å²) in [6, 6.07) is 10.1. The van der Waals surface area contributed by atoms with Crippen molar-refractivity contribution >= 4 is 32.4 Å². The van der Waals surface area contributed by atoms with E-state index >= 15 is 0 Å². The van der Waals surface area contributed by atoms with Crippen LogP contribution < -0.4 is 0 Å². The smallest absolute Gasteiger partial charge is 0.198 e. The van der Waals surface area contributed by atoms with Gasteiger partial charge in [-0.25, -0.2) is 0 Å². The Kier molecular flexibility index (Phi) is 4.40. The minimum Gasteiger partial charge on any atom is -0.287 e. The summed E-state index contributed by atoms with van der Waals surface area (Å²) >= 11 is 4.59. The number of hydrogen-bond acceptors (Lipinski definition) is 2. The lowest BCUT2D eigenvalue weighted by atomic mass is 10.4. The molecule has 0 fully saturated rings. The Morgan fingerprint density at radius 1 is 1.33 bits per heavy atom. The van der Waals surface area contributed by atoms with Crippen LogP contribution in [-0.4, -0.2) is 10.4 Å². The monoisotopic (exact) mass is 244 g/mol. The maximum Gasteiger partial charge on any atom is 0.198 e. The lowest BCUT2D eigenvalue weighted by molar-refractivity contribution is -0.110. The van der Waals surface area contributed by atoms with Crippen LogP contribution >= 0.6 is 27.7 Å². The minimum atomic E-state index is 0.0749. The molecule has 0 heterocycles. The summed E-state index contributed by atoms with van der Waals surface area (Å²) < 4.78 is 0.0749. The van der Waals surface area contributed by atoms with Crippen LogP contribution in [-0.2, 0) is 4.79 Å². The molecule has 0 bridgehead atoms. The number of thioether (sulfide) groups is 1.